The monoisotopic (exact) mass is 342 g/mol. The number of alkyl halides is 1. The summed E-state index contributed by atoms with van der Waals surface area (Å²) in [6.45, 7) is 14.1. The van der Waals surface area contributed by atoms with E-state index in [9.17, 15) is 9.59 Å². The molecule has 2 atom stereocenters. The molecule has 23 heavy (non-hydrogen) atoms. The maximum absolute atomic E-state index is 12.1. The molecule has 4 heteroatoms. The van der Waals surface area contributed by atoms with Crippen LogP contribution in [0.25, 0.3) is 0 Å². The zero-order valence-corrected chi connectivity index (χ0v) is 16.0. The second-order valence-corrected chi connectivity index (χ2v) is 8.81. The van der Waals surface area contributed by atoms with Gasteiger partial charge in [-0.25, -0.2) is 0 Å². The molecule has 1 fully saturated rings. The van der Waals surface area contributed by atoms with E-state index in [0.717, 1.165) is 24.8 Å². The van der Waals surface area contributed by atoms with Crippen molar-refractivity contribution in [3.05, 3.63) is 12.2 Å². The van der Waals surface area contributed by atoms with Crippen molar-refractivity contribution in [2.24, 2.45) is 11.3 Å². The molecule has 0 aromatic carbocycles. The predicted molar refractivity (Wildman–Crippen MR) is 94.6 cm³/mol. The highest BCUT2D eigenvalue weighted by Gasteiger charge is 2.38. The Morgan fingerprint density at radius 1 is 1.26 bits per heavy atom. The molecule has 1 aliphatic carbocycles. The molecule has 0 aliphatic heterocycles. The molecule has 1 aliphatic rings. The Balaban J connectivity index is 2.43. The molecule has 3 nitrogen and oxygen atoms in total. The second-order valence-electron chi connectivity index (χ2n) is 8.29. The number of ether oxygens (including phenoxy) is 1. The number of carbonyl (C=O) groups is 2. The van der Waals surface area contributed by atoms with Crippen molar-refractivity contribution < 1.29 is 14.3 Å². The fourth-order valence-corrected chi connectivity index (χ4v) is 3.48. The van der Waals surface area contributed by atoms with Crippen LogP contribution in [0.3, 0.4) is 0 Å². The summed E-state index contributed by atoms with van der Waals surface area (Å²) >= 11 is 6.32. The number of hydrogen-bond donors (Lipinski definition) is 0. The lowest BCUT2D eigenvalue weighted by Crippen LogP contribution is -2.34. The van der Waals surface area contributed by atoms with Crippen molar-refractivity contribution in [2.45, 2.75) is 84.1 Å². The summed E-state index contributed by atoms with van der Waals surface area (Å²) in [5, 5.41) is 0.0184. The Morgan fingerprint density at radius 2 is 1.87 bits per heavy atom. The zero-order valence-electron chi connectivity index (χ0n) is 15.2. The third kappa shape index (κ3) is 6.66. The minimum Gasteiger partial charge on any atom is -0.460 e. The predicted octanol–water partition coefficient (Wildman–Crippen LogP) is 5.06. The van der Waals surface area contributed by atoms with E-state index in [1.54, 1.807) is 0 Å². The van der Waals surface area contributed by atoms with Gasteiger partial charge in [0.15, 0.2) is 0 Å². The van der Waals surface area contributed by atoms with Crippen LogP contribution in [-0.2, 0) is 14.3 Å². The highest BCUT2D eigenvalue weighted by molar-refractivity contribution is 6.22. The van der Waals surface area contributed by atoms with Crippen molar-refractivity contribution in [2.75, 3.05) is 0 Å². The van der Waals surface area contributed by atoms with Gasteiger partial charge in [0.05, 0.1) is 11.8 Å². The van der Waals surface area contributed by atoms with Gasteiger partial charge in [-0.3, -0.25) is 9.59 Å². The maximum Gasteiger partial charge on any atom is 0.306 e. The smallest absolute Gasteiger partial charge is 0.306 e. The first-order valence-electron chi connectivity index (χ1n) is 8.49. The van der Waals surface area contributed by atoms with E-state index in [2.05, 4.69) is 20.4 Å². The SMILES string of the molecule is C=C1C(Cl)CCC(C)(C)C1CCC(=O)CCC(=O)OC(C)(C)C. The van der Waals surface area contributed by atoms with Crippen molar-refractivity contribution in [3.8, 4) is 0 Å². The summed E-state index contributed by atoms with van der Waals surface area (Å²) < 4.78 is 5.22. The molecule has 1 rings (SSSR count). The standard InChI is InChI=1S/C19H31ClO3/c1-13-15(19(5,6)12-11-16(13)20)9-7-14(21)8-10-17(22)23-18(2,3)4/h15-16H,1,7-12H2,2-6H3. The molecule has 0 aromatic heterocycles. The quantitative estimate of drug-likeness (QED) is 0.385. The van der Waals surface area contributed by atoms with E-state index in [1.807, 2.05) is 20.8 Å². The highest BCUT2D eigenvalue weighted by atomic mass is 35.5. The first kappa shape index (κ1) is 20.2. The molecule has 0 aromatic rings. The summed E-state index contributed by atoms with van der Waals surface area (Å²) in [6, 6.07) is 0. The molecule has 1 saturated carbocycles. The third-order valence-corrected chi connectivity index (χ3v) is 5.07. The Bertz CT molecular complexity index is 460. The van der Waals surface area contributed by atoms with Crippen LogP contribution in [0, 0.1) is 11.3 Å². The van der Waals surface area contributed by atoms with Crippen molar-refractivity contribution in [1.82, 2.24) is 0 Å². The summed E-state index contributed by atoms with van der Waals surface area (Å²) in [5.74, 6) is 0.0643. The Morgan fingerprint density at radius 3 is 2.43 bits per heavy atom. The van der Waals surface area contributed by atoms with Gasteiger partial charge >= 0.3 is 5.97 Å². The van der Waals surface area contributed by atoms with Crippen LogP contribution in [0.1, 0.15) is 73.1 Å². The molecule has 2 unspecified atom stereocenters. The lowest BCUT2D eigenvalue weighted by Gasteiger charge is -2.42. The van der Waals surface area contributed by atoms with E-state index < -0.39 is 5.60 Å². The average Bonchev–Trinajstić information content (AvgIpc) is 2.39. The van der Waals surface area contributed by atoms with Crippen LogP contribution < -0.4 is 0 Å². The molecule has 0 amide bonds. The topological polar surface area (TPSA) is 43.4 Å². The molecule has 0 heterocycles. The van der Waals surface area contributed by atoms with E-state index in [-0.39, 0.29) is 41.3 Å². The van der Waals surface area contributed by atoms with Gasteiger partial charge in [0.25, 0.3) is 0 Å². The number of esters is 1. The number of Topliss-reactive ketones (excluding diaryl/α,β-unsaturated/α-hetero) is 1. The third-order valence-electron chi connectivity index (χ3n) is 4.58. The summed E-state index contributed by atoms with van der Waals surface area (Å²) in [4.78, 5) is 23.7. The van der Waals surface area contributed by atoms with Crippen LogP contribution in [0.5, 0.6) is 0 Å². The van der Waals surface area contributed by atoms with Gasteiger partial charge in [-0.15, -0.1) is 11.6 Å². The average molecular weight is 343 g/mol. The number of rotatable bonds is 6. The van der Waals surface area contributed by atoms with Gasteiger partial charge < -0.3 is 4.74 Å². The summed E-state index contributed by atoms with van der Waals surface area (Å²) in [7, 11) is 0. The lowest BCUT2D eigenvalue weighted by atomic mass is 9.65. The number of carbonyl (C=O) groups excluding carboxylic acids is 2. The van der Waals surface area contributed by atoms with Gasteiger partial charge in [-0.05, 0) is 51.4 Å². The van der Waals surface area contributed by atoms with Crippen molar-refractivity contribution in [1.29, 1.82) is 0 Å². The van der Waals surface area contributed by atoms with E-state index in [0.29, 0.717) is 6.42 Å². The number of halogens is 1. The molecule has 0 N–H and O–H groups in total. The van der Waals surface area contributed by atoms with Crippen molar-refractivity contribution >= 4 is 23.4 Å². The Labute approximate surface area is 145 Å². The Kier molecular flexibility index (Phi) is 6.88. The van der Waals surface area contributed by atoms with Crippen LogP contribution in [0.4, 0.5) is 0 Å². The zero-order chi connectivity index (χ0) is 17.8. The highest BCUT2D eigenvalue weighted by Crippen LogP contribution is 2.47. The summed E-state index contributed by atoms with van der Waals surface area (Å²) in [6.07, 6.45) is 3.65. The van der Waals surface area contributed by atoms with Crippen molar-refractivity contribution in [3.63, 3.8) is 0 Å². The van der Waals surface area contributed by atoms with Gasteiger partial charge in [-0.1, -0.05) is 26.0 Å². The fourth-order valence-electron chi connectivity index (χ4n) is 3.22. The molecule has 0 saturated heterocycles. The number of ketones is 1. The lowest BCUT2D eigenvalue weighted by molar-refractivity contribution is -0.155. The van der Waals surface area contributed by atoms with E-state index in [4.69, 9.17) is 16.3 Å². The Hall–Kier alpha value is -0.830. The minimum atomic E-state index is -0.501. The first-order chi connectivity index (χ1) is 10.4. The van der Waals surface area contributed by atoms with Crippen LogP contribution in [0.15, 0.2) is 12.2 Å². The van der Waals surface area contributed by atoms with Crippen LogP contribution >= 0.6 is 11.6 Å². The van der Waals surface area contributed by atoms with Crippen LogP contribution in [-0.4, -0.2) is 22.7 Å². The van der Waals surface area contributed by atoms with E-state index in [1.165, 1.54) is 0 Å². The molecular formula is C19H31ClO3. The van der Waals surface area contributed by atoms with E-state index >= 15 is 0 Å². The molecular weight excluding hydrogens is 312 g/mol. The van der Waals surface area contributed by atoms with Crippen LogP contribution in [0.2, 0.25) is 0 Å². The normalized spacial score (nSPS) is 24.3. The van der Waals surface area contributed by atoms with Gasteiger partial charge in [0.1, 0.15) is 11.4 Å². The molecule has 0 bridgehead atoms. The molecule has 0 radical (unpaired) electrons. The number of hydrogen-bond acceptors (Lipinski definition) is 3. The number of allylic oxidation sites excluding steroid dienone is 1. The minimum absolute atomic E-state index is 0.0184. The first-order valence-corrected chi connectivity index (χ1v) is 8.92. The molecule has 0 spiro atoms. The van der Waals surface area contributed by atoms with Gasteiger partial charge in [0, 0.05) is 12.8 Å². The largest absolute Gasteiger partial charge is 0.460 e. The fraction of sp³-hybridized carbons (Fsp3) is 0.789. The molecule has 132 valence electrons. The second kappa shape index (κ2) is 7.83. The van der Waals surface area contributed by atoms with Gasteiger partial charge in [-0.2, -0.15) is 0 Å². The summed E-state index contributed by atoms with van der Waals surface area (Å²) in [5.41, 5.74) is 0.690. The maximum atomic E-state index is 12.1. The van der Waals surface area contributed by atoms with Gasteiger partial charge in [0.2, 0.25) is 0 Å².